The summed E-state index contributed by atoms with van der Waals surface area (Å²) in [5.41, 5.74) is 0. The number of nitrogens with zero attached hydrogens (tertiary/aromatic N) is 5. The zero-order valence-electron chi connectivity index (χ0n) is 13.2. The summed E-state index contributed by atoms with van der Waals surface area (Å²) in [6, 6.07) is 0. The molecule has 122 valence electrons. The SMILES string of the molecule is C=C(Cl)CN=C(NCC)N1CCN(c2nc(CC)ns2)CC1. The van der Waals surface area contributed by atoms with Crippen molar-refractivity contribution in [3.8, 4) is 0 Å². The minimum atomic E-state index is 0.445. The summed E-state index contributed by atoms with van der Waals surface area (Å²) in [4.78, 5) is 13.6. The second-order valence-corrected chi connectivity index (χ2v) is 6.27. The van der Waals surface area contributed by atoms with E-state index in [-0.39, 0.29) is 0 Å². The molecular formula is C14H23ClN6S. The number of hydrogen-bond donors (Lipinski definition) is 1. The van der Waals surface area contributed by atoms with Crippen LogP contribution in [0, 0.1) is 0 Å². The van der Waals surface area contributed by atoms with Gasteiger partial charge < -0.3 is 15.1 Å². The van der Waals surface area contributed by atoms with Crippen LogP contribution in [0.15, 0.2) is 16.6 Å². The fourth-order valence-corrected chi connectivity index (χ4v) is 3.07. The van der Waals surface area contributed by atoms with Crippen LogP contribution in [0.3, 0.4) is 0 Å². The molecule has 1 aromatic rings. The van der Waals surface area contributed by atoms with Crippen LogP contribution >= 0.6 is 23.1 Å². The van der Waals surface area contributed by atoms with Gasteiger partial charge >= 0.3 is 0 Å². The van der Waals surface area contributed by atoms with Gasteiger partial charge in [0.2, 0.25) is 5.13 Å². The minimum absolute atomic E-state index is 0.445. The number of halogens is 1. The van der Waals surface area contributed by atoms with Gasteiger partial charge in [-0.3, -0.25) is 0 Å². The van der Waals surface area contributed by atoms with Gasteiger partial charge in [0.15, 0.2) is 5.96 Å². The van der Waals surface area contributed by atoms with Gasteiger partial charge in [0, 0.05) is 55.7 Å². The molecule has 2 heterocycles. The third-order valence-corrected chi connectivity index (χ3v) is 4.29. The minimum Gasteiger partial charge on any atom is -0.357 e. The smallest absolute Gasteiger partial charge is 0.205 e. The molecule has 0 aliphatic carbocycles. The number of nitrogens with one attached hydrogen (secondary N) is 1. The number of aliphatic imine (C=N–C) groups is 1. The average Bonchev–Trinajstić information content (AvgIpc) is 3.00. The van der Waals surface area contributed by atoms with E-state index < -0.39 is 0 Å². The molecule has 1 fully saturated rings. The summed E-state index contributed by atoms with van der Waals surface area (Å²) in [7, 11) is 0. The molecule has 0 bridgehead atoms. The molecule has 0 radical (unpaired) electrons. The highest BCUT2D eigenvalue weighted by molar-refractivity contribution is 7.09. The van der Waals surface area contributed by atoms with Gasteiger partial charge in [0.05, 0.1) is 6.54 Å². The van der Waals surface area contributed by atoms with Crippen molar-refractivity contribution in [2.45, 2.75) is 20.3 Å². The Bertz CT molecular complexity index is 521. The van der Waals surface area contributed by atoms with Gasteiger partial charge in [-0.1, -0.05) is 25.1 Å². The van der Waals surface area contributed by atoms with E-state index in [9.17, 15) is 0 Å². The molecule has 0 atom stereocenters. The molecule has 8 heteroatoms. The monoisotopic (exact) mass is 342 g/mol. The van der Waals surface area contributed by atoms with Crippen molar-refractivity contribution < 1.29 is 0 Å². The maximum Gasteiger partial charge on any atom is 0.205 e. The predicted octanol–water partition coefficient (Wildman–Crippen LogP) is 1.94. The zero-order valence-corrected chi connectivity index (χ0v) is 14.8. The van der Waals surface area contributed by atoms with Crippen LogP contribution in [-0.2, 0) is 6.42 Å². The fourth-order valence-electron chi connectivity index (χ4n) is 2.21. The highest BCUT2D eigenvalue weighted by Gasteiger charge is 2.21. The van der Waals surface area contributed by atoms with Crippen molar-refractivity contribution in [1.29, 1.82) is 0 Å². The van der Waals surface area contributed by atoms with Gasteiger partial charge in [-0.25, -0.2) is 9.98 Å². The van der Waals surface area contributed by atoms with Crippen molar-refractivity contribution in [3.63, 3.8) is 0 Å². The second-order valence-electron chi connectivity index (χ2n) is 5.01. The quantitative estimate of drug-likeness (QED) is 0.654. The first-order valence-electron chi connectivity index (χ1n) is 7.58. The molecule has 2 rings (SSSR count). The van der Waals surface area contributed by atoms with E-state index in [2.05, 4.69) is 49.9 Å². The molecule has 0 aromatic carbocycles. The van der Waals surface area contributed by atoms with Crippen molar-refractivity contribution in [2.24, 2.45) is 4.99 Å². The van der Waals surface area contributed by atoms with Crippen LogP contribution in [0.2, 0.25) is 0 Å². The lowest BCUT2D eigenvalue weighted by Crippen LogP contribution is -2.52. The van der Waals surface area contributed by atoms with Crippen LogP contribution in [0.5, 0.6) is 0 Å². The first-order chi connectivity index (χ1) is 10.6. The van der Waals surface area contributed by atoms with E-state index >= 15 is 0 Å². The van der Waals surface area contributed by atoms with Crippen LogP contribution in [-0.4, -0.2) is 59.5 Å². The van der Waals surface area contributed by atoms with Crippen molar-refractivity contribution in [1.82, 2.24) is 19.6 Å². The van der Waals surface area contributed by atoms with E-state index in [1.54, 1.807) is 0 Å². The Morgan fingerprint density at radius 3 is 2.64 bits per heavy atom. The number of aryl methyl sites for hydroxylation is 1. The second kappa shape index (κ2) is 8.33. The molecule has 1 aliphatic rings. The van der Waals surface area contributed by atoms with E-state index in [0.29, 0.717) is 11.6 Å². The molecule has 0 unspecified atom stereocenters. The number of guanidine groups is 1. The Labute approximate surface area is 141 Å². The van der Waals surface area contributed by atoms with Crippen LogP contribution in [0.1, 0.15) is 19.7 Å². The number of aromatic nitrogens is 2. The van der Waals surface area contributed by atoms with Gasteiger partial charge in [-0.15, -0.1) is 0 Å². The Kier molecular flexibility index (Phi) is 6.45. The largest absolute Gasteiger partial charge is 0.357 e. The average molecular weight is 343 g/mol. The predicted molar refractivity (Wildman–Crippen MR) is 94.0 cm³/mol. The lowest BCUT2D eigenvalue weighted by atomic mass is 10.3. The Morgan fingerprint density at radius 2 is 2.09 bits per heavy atom. The highest BCUT2D eigenvalue weighted by Crippen LogP contribution is 2.19. The normalized spacial score (nSPS) is 16.0. The molecule has 1 N–H and O–H groups in total. The van der Waals surface area contributed by atoms with Gasteiger partial charge in [-0.05, 0) is 6.92 Å². The first-order valence-corrected chi connectivity index (χ1v) is 8.73. The highest BCUT2D eigenvalue weighted by atomic mass is 35.5. The van der Waals surface area contributed by atoms with Crippen LogP contribution < -0.4 is 10.2 Å². The fraction of sp³-hybridized carbons (Fsp3) is 0.643. The lowest BCUT2D eigenvalue weighted by Gasteiger charge is -2.36. The summed E-state index contributed by atoms with van der Waals surface area (Å²) in [5.74, 6) is 1.83. The lowest BCUT2D eigenvalue weighted by molar-refractivity contribution is 0.373. The zero-order chi connectivity index (χ0) is 15.9. The summed E-state index contributed by atoms with van der Waals surface area (Å²) in [6.07, 6.45) is 0.885. The molecule has 6 nitrogen and oxygen atoms in total. The third-order valence-electron chi connectivity index (χ3n) is 3.36. The topological polar surface area (TPSA) is 56.7 Å². The van der Waals surface area contributed by atoms with Crippen molar-refractivity contribution >= 4 is 34.2 Å². The number of piperazine rings is 1. The number of hydrogen-bond acceptors (Lipinski definition) is 5. The number of anilines is 1. The molecule has 1 aliphatic heterocycles. The molecule has 1 aromatic heterocycles. The van der Waals surface area contributed by atoms with E-state index in [1.165, 1.54) is 11.5 Å². The van der Waals surface area contributed by atoms with Gasteiger partial charge in [-0.2, -0.15) is 4.37 Å². The first kappa shape index (κ1) is 17.0. The summed E-state index contributed by atoms with van der Waals surface area (Å²) < 4.78 is 4.36. The molecule has 0 amide bonds. The van der Waals surface area contributed by atoms with E-state index in [0.717, 1.165) is 56.1 Å². The maximum atomic E-state index is 5.81. The van der Waals surface area contributed by atoms with Crippen molar-refractivity contribution in [2.75, 3.05) is 44.2 Å². The summed E-state index contributed by atoms with van der Waals surface area (Å²) in [6.45, 7) is 12.8. The molecule has 22 heavy (non-hydrogen) atoms. The standard InChI is InChI=1S/C14H23ClN6S/c1-4-12-18-14(22-19-12)21-8-6-20(7-9-21)13(16-5-2)17-10-11(3)15/h3-10H2,1-2H3,(H,16,17). The van der Waals surface area contributed by atoms with E-state index in [1.807, 2.05) is 0 Å². The molecule has 0 spiro atoms. The summed E-state index contributed by atoms with van der Waals surface area (Å²) in [5, 5.41) is 4.88. The van der Waals surface area contributed by atoms with Crippen molar-refractivity contribution in [3.05, 3.63) is 17.4 Å². The van der Waals surface area contributed by atoms with E-state index in [4.69, 9.17) is 11.6 Å². The molecular weight excluding hydrogens is 320 g/mol. The van der Waals surface area contributed by atoms with Gasteiger partial charge in [0.1, 0.15) is 5.82 Å². The van der Waals surface area contributed by atoms with Gasteiger partial charge in [0.25, 0.3) is 0 Å². The van der Waals surface area contributed by atoms with Crippen LogP contribution in [0.4, 0.5) is 5.13 Å². The molecule has 1 saturated heterocycles. The van der Waals surface area contributed by atoms with Crippen LogP contribution in [0.25, 0.3) is 0 Å². The Hall–Kier alpha value is -1.34. The summed E-state index contributed by atoms with van der Waals surface area (Å²) >= 11 is 7.30. The Balaban J connectivity index is 1.94. The molecule has 0 saturated carbocycles. The third kappa shape index (κ3) is 4.58. The maximum absolute atomic E-state index is 5.81. The number of rotatable bonds is 5. The Morgan fingerprint density at radius 1 is 1.36 bits per heavy atom.